The van der Waals surface area contributed by atoms with Crippen molar-refractivity contribution in [3.63, 3.8) is 0 Å². The molecule has 9 heteroatoms. The second-order valence-corrected chi connectivity index (χ2v) is 4.51. The molecular weight excluding hydrogens is 372 g/mol. The Morgan fingerprint density at radius 1 is 1.23 bits per heavy atom. The van der Waals surface area contributed by atoms with Gasteiger partial charge in [-0.2, -0.15) is 0 Å². The fourth-order valence-corrected chi connectivity index (χ4v) is 1.95. The Bertz CT molecular complexity index is 426. The van der Waals surface area contributed by atoms with Gasteiger partial charge in [-0.3, -0.25) is 0 Å². The van der Waals surface area contributed by atoms with Gasteiger partial charge in [0.2, 0.25) is 0 Å². The van der Waals surface area contributed by atoms with Crippen molar-refractivity contribution in [2.24, 2.45) is 0 Å². The smallest absolute Gasteiger partial charge is 0.152 e. The average molecular weight is 388 g/mol. The molecule has 1 atom stereocenters. The number of allylic oxidation sites excluding steroid dienone is 2. The van der Waals surface area contributed by atoms with Gasteiger partial charge in [0, 0.05) is 17.1 Å². The summed E-state index contributed by atoms with van der Waals surface area (Å²) >= 11 is 7.40. The van der Waals surface area contributed by atoms with Crippen LogP contribution in [-0.2, 0) is 42.3 Å². The van der Waals surface area contributed by atoms with E-state index in [4.69, 9.17) is 10.5 Å². The van der Waals surface area contributed by atoms with E-state index in [2.05, 4.69) is 35.9 Å². The SMILES string of the molecule is N#C[S-].N#C[S-].OC(O)(C1=CC=CC[N-]1)C1CCCC[N-]1.[Cu]. The first-order chi connectivity index (χ1) is 10.0. The van der Waals surface area contributed by atoms with E-state index < -0.39 is 11.8 Å². The van der Waals surface area contributed by atoms with E-state index in [0.29, 0.717) is 12.2 Å². The Kier molecular flexibility index (Phi) is 14.6. The van der Waals surface area contributed by atoms with Crippen LogP contribution in [0.2, 0.25) is 0 Å². The van der Waals surface area contributed by atoms with E-state index in [0.717, 1.165) is 25.8 Å². The van der Waals surface area contributed by atoms with E-state index in [9.17, 15) is 10.2 Å². The van der Waals surface area contributed by atoms with Crippen LogP contribution < -0.4 is 0 Å². The van der Waals surface area contributed by atoms with Crippen molar-refractivity contribution in [1.29, 1.82) is 10.5 Å². The second-order valence-electron chi connectivity index (χ2n) is 4.15. The Balaban J connectivity index is 0. The van der Waals surface area contributed by atoms with Crippen LogP contribution in [0.1, 0.15) is 19.3 Å². The second kappa shape index (κ2) is 13.7. The topological polar surface area (TPSA) is 116 Å². The van der Waals surface area contributed by atoms with Crippen molar-refractivity contribution in [3.8, 4) is 10.8 Å². The largest absolute Gasteiger partial charge is 0.696 e. The molecule has 0 bridgehead atoms. The van der Waals surface area contributed by atoms with Gasteiger partial charge in [0.05, 0.1) is 0 Å². The molecule has 0 amide bonds. The van der Waals surface area contributed by atoms with E-state index >= 15 is 0 Å². The Labute approximate surface area is 152 Å². The fraction of sp³-hybridized carbons (Fsp3) is 0.538. The number of hydrogen-bond donors (Lipinski definition) is 2. The van der Waals surface area contributed by atoms with Crippen molar-refractivity contribution in [2.45, 2.75) is 31.1 Å². The van der Waals surface area contributed by atoms with Crippen molar-refractivity contribution in [2.75, 3.05) is 13.1 Å². The Morgan fingerprint density at radius 2 is 1.82 bits per heavy atom. The van der Waals surface area contributed by atoms with Crippen molar-refractivity contribution in [3.05, 3.63) is 34.6 Å². The molecule has 0 aromatic rings. The van der Waals surface area contributed by atoms with E-state index in [1.165, 1.54) is 10.8 Å². The average Bonchev–Trinajstić information content (AvgIpc) is 2.51. The van der Waals surface area contributed by atoms with Crippen LogP contribution in [0.5, 0.6) is 0 Å². The van der Waals surface area contributed by atoms with Gasteiger partial charge >= 0.3 is 0 Å². The third-order valence-corrected chi connectivity index (χ3v) is 2.83. The van der Waals surface area contributed by atoms with Crippen LogP contribution >= 0.6 is 0 Å². The van der Waals surface area contributed by atoms with Crippen molar-refractivity contribution >= 4 is 25.3 Å². The molecule has 1 radical (unpaired) electrons. The molecule has 0 aromatic heterocycles. The Hall–Kier alpha value is -0.901. The zero-order valence-corrected chi connectivity index (χ0v) is 14.2. The predicted molar refractivity (Wildman–Crippen MR) is 84.4 cm³/mol. The maximum absolute atomic E-state index is 10.0. The van der Waals surface area contributed by atoms with Gasteiger partial charge in [-0.15, -0.1) is 24.9 Å². The van der Waals surface area contributed by atoms with Gasteiger partial charge < -0.3 is 46.1 Å². The third kappa shape index (κ3) is 8.52. The fourth-order valence-electron chi connectivity index (χ4n) is 1.95. The summed E-state index contributed by atoms with van der Waals surface area (Å²) in [5.74, 6) is -1.88. The molecule has 0 spiro atoms. The summed E-state index contributed by atoms with van der Waals surface area (Å²) in [6, 6.07) is -0.423. The van der Waals surface area contributed by atoms with E-state index in [1.807, 2.05) is 6.08 Å². The molecular formula is C13H16CuN4O2S2-4. The molecule has 0 aromatic carbocycles. The standard InChI is InChI=1S/C11H16N2O2.2CHNS.Cu/c14-11(15,9-5-1-3-7-12-9)10-6-2-4-8-13-10;2*2-1-3;/h1,3,5,10,14-15H,2,4,6-8H2;2*3H;/q-2;;;/p-2. The van der Waals surface area contributed by atoms with Crippen molar-refractivity contribution in [1.82, 2.24) is 0 Å². The minimum absolute atomic E-state index is 0. The summed E-state index contributed by atoms with van der Waals surface area (Å²) in [5.41, 5.74) is 0.334. The predicted octanol–water partition coefficient (Wildman–Crippen LogP) is 1.45. The Morgan fingerprint density at radius 3 is 2.23 bits per heavy atom. The zero-order chi connectivity index (χ0) is 16.1. The molecule has 2 rings (SSSR count). The minimum atomic E-state index is -1.88. The van der Waals surface area contributed by atoms with Gasteiger partial charge in [-0.05, 0) is 0 Å². The van der Waals surface area contributed by atoms with Crippen molar-refractivity contribution < 1.29 is 27.3 Å². The van der Waals surface area contributed by atoms with Crippen LogP contribution in [0.15, 0.2) is 23.9 Å². The summed E-state index contributed by atoms with van der Waals surface area (Å²) in [4.78, 5) is 0. The number of thiocyanates is 2. The summed E-state index contributed by atoms with van der Waals surface area (Å²) in [6.45, 7) is 1.23. The molecule has 2 N–H and O–H groups in total. The van der Waals surface area contributed by atoms with Gasteiger partial charge in [0.15, 0.2) is 5.79 Å². The molecule has 2 aliphatic rings. The molecule has 2 aliphatic heterocycles. The van der Waals surface area contributed by atoms with Gasteiger partial charge in [0.1, 0.15) is 0 Å². The van der Waals surface area contributed by atoms with Crippen LogP contribution in [-0.4, -0.2) is 35.1 Å². The van der Waals surface area contributed by atoms with Crippen LogP contribution in [0, 0.1) is 21.3 Å². The first-order valence-corrected chi connectivity index (χ1v) is 7.04. The molecule has 127 valence electrons. The maximum Gasteiger partial charge on any atom is 0.152 e. The van der Waals surface area contributed by atoms with Crippen LogP contribution in [0.4, 0.5) is 0 Å². The van der Waals surface area contributed by atoms with Gasteiger partial charge in [-0.1, -0.05) is 48.3 Å². The quantitative estimate of drug-likeness (QED) is 0.320. The van der Waals surface area contributed by atoms with Gasteiger partial charge in [0.25, 0.3) is 0 Å². The number of aliphatic hydroxyl groups is 2. The third-order valence-electron chi connectivity index (χ3n) is 2.83. The van der Waals surface area contributed by atoms with Crippen LogP contribution in [0.25, 0.3) is 10.6 Å². The molecule has 2 heterocycles. The summed E-state index contributed by atoms with van der Waals surface area (Å²) in [5, 5.41) is 45.3. The van der Waals surface area contributed by atoms with E-state index in [-0.39, 0.29) is 17.1 Å². The normalized spacial score (nSPS) is 19.1. The number of nitrogens with zero attached hydrogens (tertiary/aromatic N) is 4. The molecule has 6 nitrogen and oxygen atoms in total. The first-order valence-electron chi connectivity index (χ1n) is 6.23. The number of piperidine rings is 1. The van der Waals surface area contributed by atoms with E-state index in [1.54, 1.807) is 12.2 Å². The molecule has 22 heavy (non-hydrogen) atoms. The molecule has 0 aliphatic carbocycles. The molecule has 1 saturated heterocycles. The maximum atomic E-state index is 10.0. The minimum Gasteiger partial charge on any atom is -0.696 e. The zero-order valence-electron chi connectivity index (χ0n) is 11.6. The molecule has 1 fully saturated rings. The summed E-state index contributed by atoms with van der Waals surface area (Å²) < 4.78 is 0. The number of nitriles is 2. The monoisotopic (exact) mass is 387 g/mol. The molecule has 1 unspecified atom stereocenters. The number of hydrogen-bond acceptors (Lipinski definition) is 6. The van der Waals surface area contributed by atoms with Crippen LogP contribution in [0.3, 0.4) is 0 Å². The van der Waals surface area contributed by atoms with Gasteiger partial charge in [-0.25, -0.2) is 10.5 Å². The first kappa shape index (κ1) is 23.4. The summed E-state index contributed by atoms with van der Waals surface area (Å²) in [7, 11) is 0. The molecule has 0 saturated carbocycles. The summed E-state index contributed by atoms with van der Waals surface area (Å²) in [6.07, 6.45) is 8.09. The number of rotatable bonds is 2.